The molecule has 2 heterocycles. The molecule has 3 heteroatoms. The molecule has 0 aliphatic carbocycles. The molecule has 0 saturated carbocycles. The van der Waals surface area contributed by atoms with Gasteiger partial charge in [0.2, 0.25) is 0 Å². The first-order chi connectivity index (χ1) is 9.70. The minimum Gasteiger partial charge on any atom is -0.384 e. The van der Waals surface area contributed by atoms with Crippen LogP contribution in [0, 0.1) is 5.41 Å². The Kier molecular flexibility index (Phi) is 3.62. The quantitative estimate of drug-likeness (QED) is 0.900. The van der Waals surface area contributed by atoms with E-state index in [0.717, 1.165) is 38.1 Å². The number of para-hydroxylation sites is 1. The van der Waals surface area contributed by atoms with Crippen LogP contribution in [0.2, 0.25) is 0 Å². The van der Waals surface area contributed by atoms with Crippen LogP contribution in [-0.2, 0) is 11.2 Å². The molecule has 1 aliphatic rings. The van der Waals surface area contributed by atoms with E-state index in [1.165, 1.54) is 16.8 Å². The zero-order valence-electron chi connectivity index (χ0n) is 12.3. The van der Waals surface area contributed by atoms with Gasteiger partial charge in [-0.25, -0.2) is 0 Å². The Morgan fingerprint density at radius 3 is 2.80 bits per heavy atom. The molecule has 0 bridgehead atoms. The Balaban J connectivity index is 1.90. The SMILES string of the molecule is CCCc1cc(NCC2(C)COC2)c2ccccc2n1. The minimum absolute atomic E-state index is 0.273. The van der Waals surface area contributed by atoms with Gasteiger partial charge in [0, 0.05) is 28.7 Å². The largest absolute Gasteiger partial charge is 0.384 e. The van der Waals surface area contributed by atoms with Gasteiger partial charge in [0.25, 0.3) is 0 Å². The average molecular weight is 270 g/mol. The Morgan fingerprint density at radius 1 is 1.30 bits per heavy atom. The van der Waals surface area contributed by atoms with Crippen molar-refractivity contribution in [2.45, 2.75) is 26.7 Å². The maximum atomic E-state index is 5.32. The Hall–Kier alpha value is -1.61. The minimum atomic E-state index is 0.273. The smallest absolute Gasteiger partial charge is 0.0726 e. The maximum Gasteiger partial charge on any atom is 0.0726 e. The number of rotatable bonds is 5. The van der Waals surface area contributed by atoms with Gasteiger partial charge in [-0.2, -0.15) is 0 Å². The second kappa shape index (κ2) is 5.41. The Labute approximate surface area is 120 Å². The molecule has 1 N–H and O–H groups in total. The summed E-state index contributed by atoms with van der Waals surface area (Å²) < 4.78 is 5.32. The number of nitrogens with zero attached hydrogens (tertiary/aromatic N) is 1. The number of hydrogen-bond donors (Lipinski definition) is 1. The molecule has 20 heavy (non-hydrogen) atoms. The second-order valence-corrected chi connectivity index (χ2v) is 6.09. The van der Waals surface area contributed by atoms with Crippen molar-refractivity contribution in [2.75, 3.05) is 25.1 Å². The van der Waals surface area contributed by atoms with Gasteiger partial charge in [-0.1, -0.05) is 38.5 Å². The lowest BCUT2D eigenvalue weighted by Crippen LogP contribution is -2.45. The fourth-order valence-electron chi connectivity index (χ4n) is 2.62. The molecule has 0 atom stereocenters. The molecule has 3 rings (SSSR count). The van der Waals surface area contributed by atoms with E-state index >= 15 is 0 Å². The number of nitrogens with one attached hydrogen (secondary N) is 1. The number of fused-ring (bicyclic) bond motifs is 1. The van der Waals surface area contributed by atoms with Crippen molar-refractivity contribution in [1.82, 2.24) is 4.98 Å². The molecule has 1 saturated heterocycles. The summed E-state index contributed by atoms with van der Waals surface area (Å²) in [4.78, 5) is 4.74. The van der Waals surface area contributed by atoms with Crippen molar-refractivity contribution in [3.63, 3.8) is 0 Å². The summed E-state index contributed by atoms with van der Waals surface area (Å²) in [5.74, 6) is 0. The van der Waals surface area contributed by atoms with E-state index in [0.29, 0.717) is 0 Å². The van der Waals surface area contributed by atoms with Gasteiger partial charge in [0.1, 0.15) is 0 Å². The summed E-state index contributed by atoms with van der Waals surface area (Å²) in [6.07, 6.45) is 2.15. The monoisotopic (exact) mass is 270 g/mol. The van der Waals surface area contributed by atoms with Crippen molar-refractivity contribution in [3.05, 3.63) is 36.0 Å². The van der Waals surface area contributed by atoms with Crippen LogP contribution in [0.1, 0.15) is 26.0 Å². The fraction of sp³-hybridized carbons (Fsp3) is 0.471. The van der Waals surface area contributed by atoms with E-state index < -0.39 is 0 Å². The number of aryl methyl sites for hydroxylation is 1. The van der Waals surface area contributed by atoms with Crippen LogP contribution in [0.15, 0.2) is 30.3 Å². The molecule has 0 unspecified atom stereocenters. The van der Waals surface area contributed by atoms with Gasteiger partial charge < -0.3 is 10.1 Å². The highest BCUT2D eigenvalue weighted by Gasteiger charge is 2.33. The molecular formula is C17H22N2O. The normalized spacial score (nSPS) is 16.9. The van der Waals surface area contributed by atoms with Crippen LogP contribution in [0.5, 0.6) is 0 Å². The highest BCUT2D eigenvalue weighted by Crippen LogP contribution is 2.29. The van der Waals surface area contributed by atoms with Crippen LogP contribution in [-0.4, -0.2) is 24.7 Å². The molecule has 106 valence electrons. The van der Waals surface area contributed by atoms with Crippen LogP contribution in [0.3, 0.4) is 0 Å². The van der Waals surface area contributed by atoms with Gasteiger partial charge in [0.15, 0.2) is 0 Å². The van der Waals surface area contributed by atoms with E-state index in [1.807, 2.05) is 0 Å². The Bertz CT molecular complexity index is 605. The summed E-state index contributed by atoms with van der Waals surface area (Å²) in [6, 6.07) is 10.6. The zero-order chi connectivity index (χ0) is 14.0. The molecule has 1 aliphatic heterocycles. The lowest BCUT2D eigenvalue weighted by molar-refractivity contribution is -0.0924. The molecular weight excluding hydrogens is 248 g/mol. The molecule has 1 aromatic carbocycles. The third-order valence-corrected chi connectivity index (χ3v) is 3.88. The average Bonchev–Trinajstić information content (AvgIpc) is 2.43. The van der Waals surface area contributed by atoms with Crippen LogP contribution in [0.4, 0.5) is 5.69 Å². The summed E-state index contributed by atoms with van der Waals surface area (Å²) in [6.45, 7) is 7.11. The third kappa shape index (κ3) is 2.63. The predicted octanol–water partition coefficient (Wildman–Crippen LogP) is 3.64. The van der Waals surface area contributed by atoms with Crippen LogP contribution in [0.25, 0.3) is 10.9 Å². The van der Waals surface area contributed by atoms with Gasteiger partial charge in [0.05, 0.1) is 18.7 Å². The molecule has 3 nitrogen and oxygen atoms in total. The van der Waals surface area contributed by atoms with Crippen molar-refractivity contribution in [2.24, 2.45) is 5.41 Å². The lowest BCUT2D eigenvalue weighted by Gasteiger charge is -2.38. The Morgan fingerprint density at radius 2 is 2.10 bits per heavy atom. The molecule has 2 aromatic rings. The highest BCUT2D eigenvalue weighted by molar-refractivity contribution is 5.91. The highest BCUT2D eigenvalue weighted by atomic mass is 16.5. The molecule has 0 amide bonds. The van der Waals surface area contributed by atoms with E-state index in [1.54, 1.807) is 0 Å². The van der Waals surface area contributed by atoms with Crippen LogP contribution >= 0.6 is 0 Å². The summed E-state index contributed by atoms with van der Waals surface area (Å²) in [7, 11) is 0. The van der Waals surface area contributed by atoms with Crippen molar-refractivity contribution >= 4 is 16.6 Å². The summed E-state index contributed by atoms with van der Waals surface area (Å²) >= 11 is 0. The fourth-order valence-corrected chi connectivity index (χ4v) is 2.62. The predicted molar refractivity (Wildman–Crippen MR) is 83.2 cm³/mol. The van der Waals surface area contributed by atoms with Crippen molar-refractivity contribution in [3.8, 4) is 0 Å². The van der Waals surface area contributed by atoms with Crippen molar-refractivity contribution < 1.29 is 4.74 Å². The zero-order valence-corrected chi connectivity index (χ0v) is 12.3. The first kappa shape index (κ1) is 13.4. The second-order valence-electron chi connectivity index (χ2n) is 6.09. The van der Waals surface area contributed by atoms with Gasteiger partial charge in [-0.15, -0.1) is 0 Å². The molecule has 1 fully saturated rings. The number of aromatic nitrogens is 1. The number of benzene rings is 1. The first-order valence-electron chi connectivity index (χ1n) is 7.40. The van der Waals surface area contributed by atoms with Gasteiger partial charge in [-0.05, 0) is 18.6 Å². The topological polar surface area (TPSA) is 34.1 Å². The number of ether oxygens (including phenoxy) is 1. The van der Waals surface area contributed by atoms with E-state index in [-0.39, 0.29) is 5.41 Å². The molecule has 1 aromatic heterocycles. The van der Waals surface area contributed by atoms with Gasteiger partial charge >= 0.3 is 0 Å². The first-order valence-corrected chi connectivity index (χ1v) is 7.40. The molecule has 0 spiro atoms. The molecule has 0 radical (unpaired) electrons. The lowest BCUT2D eigenvalue weighted by atomic mass is 9.88. The van der Waals surface area contributed by atoms with Crippen molar-refractivity contribution in [1.29, 1.82) is 0 Å². The number of pyridine rings is 1. The number of anilines is 1. The van der Waals surface area contributed by atoms with Crippen LogP contribution < -0.4 is 5.32 Å². The van der Waals surface area contributed by atoms with E-state index in [4.69, 9.17) is 9.72 Å². The number of hydrogen-bond acceptors (Lipinski definition) is 3. The van der Waals surface area contributed by atoms with E-state index in [9.17, 15) is 0 Å². The van der Waals surface area contributed by atoms with E-state index in [2.05, 4.69) is 49.5 Å². The maximum absolute atomic E-state index is 5.32. The third-order valence-electron chi connectivity index (χ3n) is 3.88. The summed E-state index contributed by atoms with van der Waals surface area (Å²) in [5.41, 5.74) is 3.72. The standard InChI is InChI=1S/C17H22N2O/c1-3-6-13-9-16(18-10-17(2)11-20-12-17)14-7-4-5-8-15(14)19-13/h4-5,7-9H,3,6,10-12H2,1-2H3,(H,18,19). The van der Waals surface area contributed by atoms with Gasteiger partial charge in [-0.3, -0.25) is 4.98 Å². The summed E-state index contributed by atoms with van der Waals surface area (Å²) in [5, 5.41) is 4.81.